The fourth-order valence-electron chi connectivity index (χ4n) is 7.00. The summed E-state index contributed by atoms with van der Waals surface area (Å²) in [4.78, 5) is 36.4. The Bertz CT molecular complexity index is 905. The Hall–Kier alpha value is -2.15. The number of carbonyl (C=O) groups excluding carboxylic acids is 2. The molecule has 0 saturated carbocycles. The lowest BCUT2D eigenvalue weighted by atomic mass is 10.0. The number of carboxylic acids is 1. The lowest BCUT2D eigenvalue weighted by molar-refractivity contribution is -0.150. The van der Waals surface area contributed by atoms with E-state index in [4.69, 9.17) is 10.5 Å². The van der Waals surface area contributed by atoms with E-state index in [9.17, 15) is 19.5 Å². The van der Waals surface area contributed by atoms with E-state index < -0.39 is 12.0 Å². The molecule has 2 atom stereocenters. The van der Waals surface area contributed by atoms with Crippen molar-refractivity contribution in [3.8, 4) is 0 Å². The lowest BCUT2D eigenvalue weighted by Gasteiger charge is -2.18. The molecule has 316 valence electrons. The van der Waals surface area contributed by atoms with Gasteiger partial charge in [0, 0.05) is 12.8 Å². The van der Waals surface area contributed by atoms with Gasteiger partial charge in [-0.1, -0.05) is 173 Å². The van der Waals surface area contributed by atoms with Crippen LogP contribution in [-0.2, 0) is 19.1 Å². The minimum Gasteiger partial charge on any atom is -0.480 e. The fraction of sp³-hybridized carbons (Fsp3) is 0.851. The zero-order chi connectivity index (χ0) is 39.6. The minimum absolute atomic E-state index is 0.00959. The van der Waals surface area contributed by atoms with Crippen molar-refractivity contribution in [3.05, 3.63) is 24.3 Å². The number of allylic oxidation sites excluding steroid dienone is 4. The highest BCUT2D eigenvalue weighted by molar-refractivity contribution is 5.83. The summed E-state index contributed by atoms with van der Waals surface area (Å²) < 4.78 is 6.06. The smallest absolute Gasteiger partial charge is 0.326 e. The monoisotopic (exact) mass is 761 g/mol. The van der Waals surface area contributed by atoms with Crippen LogP contribution in [0.4, 0.5) is 0 Å². The first-order valence-corrected chi connectivity index (χ1v) is 23.2. The van der Waals surface area contributed by atoms with Crippen molar-refractivity contribution in [1.82, 2.24) is 5.32 Å². The largest absolute Gasteiger partial charge is 0.480 e. The molecule has 54 heavy (non-hydrogen) atoms. The van der Waals surface area contributed by atoms with E-state index in [2.05, 4.69) is 43.5 Å². The van der Waals surface area contributed by atoms with Crippen LogP contribution in [0.3, 0.4) is 0 Å². The topological polar surface area (TPSA) is 119 Å². The van der Waals surface area contributed by atoms with E-state index in [1.165, 1.54) is 122 Å². The second-order valence-electron chi connectivity index (χ2n) is 15.8. The zero-order valence-corrected chi connectivity index (χ0v) is 35.6. The Kier molecular flexibility index (Phi) is 40.3. The van der Waals surface area contributed by atoms with E-state index in [1.807, 2.05) is 0 Å². The number of hydrogen-bond acceptors (Lipinski definition) is 5. The summed E-state index contributed by atoms with van der Waals surface area (Å²) in [5, 5.41) is 12.0. The summed E-state index contributed by atoms with van der Waals surface area (Å²) in [5.74, 6) is -1.23. The first-order chi connectivity index (χ1) is 26.4. The van der Waals surface area contributed by atoms with E-state index in [0.717, 1.165) is 77.0 Å². The molecule has 0 aromatic rings. The highest BCUT2D eigenvalue weighted by Gasteiger charge is 2.19. The number of carbonyl (C=O) groups is 3. The number of rotatable bonds is 42. The molecule has 7 nitrogen and oxygen atoms in total. The van der Waals surface area contributed by atoms with Crippen LogP contribution in [0.2, 0.25) is 0 Å². The van der Waals surface area contributed by atoms with Crippen LogP contribution in [-0.4, -0.2) is 41.6 Å². The van der Waals surface area contributed by atoms with E-state index in [1.54, 1.807) is 0 Å². The Balaban J connectivity index is 4.33. The summed E-state index contributed by atoms with van der Waals surface area (Å²) in [7, 11) is 0. The Morgan fingerprint density at radius 1 is 0.537 bits per heavy atom. The maximum absolute atomic E-state index is 12.8. The molecule has 0 saturated heterocycles. The van der Waals surface area contributed by atoms with Gasteiger partial charge in [-0.2, -0.15) is 0 Å². The van der Waals surface area contributed by atoms with Crippen LogP contribution in [0.15, 0.2) is 24.3 Å². The standard InChI is InChI=1S/C47H88N2O5/c1-3-5-7-9-11-13-15-17-19-21-23-25-28-32-37-43(38-33-29-27-30-34-40-45(50)49-44(47(52)53)39-36-42-48)54-46(51)41-35-31-26-24-22-20-18-16-14-12-10-8-6-4-2/h10,12,16,18,43-44H,3-9,11,13-15,17,19-42,48H2,1-2H3,(H,49,50)(H,52,53)/b12-10-,18-16-. The summed E-state index contributed by atoms with van der Waals surface area (Å²) in [6.45, 7) is 4.92. The van der Waals surface area contributed by atoms with Gasteiger partial charge in [-0.25, -0.2) is 4.79 Å². The van der Waals surface area contributed by atoms with Gasteiger partial charge < -0.3 is 20.9 Å². The average molecular weight is 761 g/mol. The van der Waals surface area contributed by atoms with Gasteiger partial charge in [0.15, 0.2) is 0 Å². The van der Waals surface area contributed by atoms with Crippen molar-refractivity contribution in [2.45, 2.75) is 251 Å². The summed E-state index contributed by atoms with van der Waals surface area (Å²) in [6.07, 6.45) is 47.9. The third-order valence-electron chi connectivity index (χ3n) is 10.5. The normalized spacial score (nSPS) is 12.8. The molecular weight excluding hydrogens is 673 g/mol. The fourth-order valence-corrected chi connectivity index (χ4v) is 7.00. The molecule has 0 spiro atoms. The Morgan fingerprint density at radius 3 is 1.48 bits per heavy atom. The second kappa shape index (κ2) is 42.0. The lowest BCUT2D eigenvalue weighted by Crippen LogP contribution is -2.40. The van der Waals surface area contributed by atoms with Gasteiger partial charge in [0.05, 0.1) is 0 Å². The van der Waals surface area contributed by atoms with Gasteiger partial charge in [-0.15, -0.1) is 0 Å². The molecular formula is C47H88N2O5. The van der Waals surface area contributed by atoms with Gasteiger partial charge in [0.25, 0.3) is 0 Å². The minimum atomic E-state index is -1.00. The van der Waals surface area contributed by atoms with Crippen LogP contribution in [0.1, 0.15) is 239 Å². The van der Waals surface area contributed by atoms with Crippen molar-refractivity contribution in [3.63, 3.8) is 0 Å². The molecule has 1 amide bonds. The van der Waals surface area contributed by atoms with Crippen molar-refractivity contribution in [1.29, 1.82) is 0 Å². The van der Waals surface area contributed by atoms with Crippen LogP contribution in [0.25, 0.3) is 0 Å². The predicted octanol–water partition coefficient (Wildman–Crippen LogP) is 13.2. The van der Waals surface area contributed by atoms with Crippen molar-refractivity contribution >= 4 is 17.8 Å². The van der Waals surface area contributed by atoms with Crippen LogP contribution < -0.4 is 11.1 Å². The zero-order valence-electron chi connectivity index (χ0n) is 35.6. The number of amides is 1. The Morgan fingerprint density at radius 2 is 0.981 bits per heavy atom. The first kappa shape index (κ1) is 51.9. The molecule has 0 heterocycles. The maximum atomic E-state index is 12.8. The molecule has 0 aliphatic carbocycles. The highest BCUT2D eigenvalue weighted by Crippen LogP contribution is 2.19. The summed E-state index contributed by atoms with van der Waals surface area (Å²) in [6, 6.07) is -0.856. The molecule has 0 fully saturated rings. The number of unbranched alkanes of at least 4 members (excludes halogenated alkanes) is 24. The molecule has 0 radical (unpaired) electrons. The van der Waals surface area contributed by atoms with Crippen molar-refractivity contribution in [2.75, 3.05) is 6.54 Å². The summed E-state index contributed by atoms with van der Waals surface area (Å²) in [5.41, 5.74) is 5.49. The van der Waals surface area contributed by atoms with E-state index >= 15 is 0 Å². The molecule has 0 aromatic carbocycles. The molecule has 0 aliphatic heterocycles. The number of esters is 1. The SMILES string of the molecule is CCCC/C=C\C/C=C\CCCCCCCC(=O)OC(CCCCCCCCCCCCCCCC)CCCCCCCC(=O)NC(CCCN)C(=O)O. The van der Waals surface area contributed by atoms with Gasteiger partial charge in [0.2, 0.25) is 5.91 Å². The third-order valence-corrected chi connectivity index (χ3v) is 10.5. The summed E-state index contributed by atoms with van der Waals surface area (Å²) >= 11 is 0. The Labute approximate surface area is 333 Å². The van der Waals surface area contributed by atoms with Crippen LogP contribution in [0, 0.1) is 0 Å². The molecule has 2 unspecified atom stereocenters. The molecule has 7 heteroatoms. The maximum Gasteiger partial charge on any atom is 0.326 e. The number of aliphatic carboxylic acids is 1. The molecule has 0 bridgehead atoms. The number of hydrogen-bond donors (Lipinski definition) is 3. The van der Waals surface area contributed by atoms with Gasteiger partial charge in [-0.05, 0) is 83.6 Å². The molecule has 0 aliphatic rings. The van der Waals surface area contributed by atoms with Crippen molar-refractivity contribution < 1.29 is 24.2 Å². The van der Waals surface area contributed by atoms with Gasteiger partial charge in [0.1, 0.15) is 12.1 Å². The molecule has 0 rings (SSSR count). The first-order valence-electron chi connectivity index (χ1n) is 23.2. The third kappa shape index (κ3) is 38.1. The van der Waals surface area contributed by atoms with Gasteiger partial charge >= 0.3 is 11.9 Å². The van der Waals surface area contributed by atoms with Gasteiger partial charge in [-0.3, -0.25) is 9.59 Å². The highest BCUT2D eigenvalue weighted by atomic mass is 16.5. The van der Waals surface area contributed by atoms with Crippen molar-refractivity contribution in [2.24, 2.45) is 5.73 Å². The van der Waals surface area contributed by atoms with Crippen LogP contribution in [0.5, 0.6) is 0 Å². The quantitative estimate of drug-likeness (QED) is 0.0324. The van der Waals surface area contributed by atoms with E-state index in [0.29, 0.717) is 32.2 Å². The number of carboxylic acid groups (broad SMARTS) is 1. The predicted molar refractivity (Wildman–Crippen MR) is 230 cm³/mol. The second-order valence-corrected chi connectivity index (χ2v) is 15.8. The molecule has 4 N–H and O–H groups in total. The van der Waals surface area contributed by atoms with E-state index in [-0.39, 0.29) is 18.0 Å². The number of nitrogens with one attached hydrogen (secondary N) is 1. The number of nitrogens with two attached hydrogens (primary N) is 1. The average Bonchev–Trinajstić information content (AvgIpc) is 3.16. The number of ether oxygens (including phenoxy) is 1. The molecule has 0 aromatic heterocycles. The van der Waals surface area contributed by atoms with Crippen LogP contribution >= 0.6 is 0 Å².